The Labute approximate surface area is 166 Å². The second kappa shape index (κ2) is 7.14. The van der Waals surface area contributed by atoms with Crippen LogP contribution in [0.1, 0.15) is 22.8 Å². The van der Waals surface area contributed by atoms with E-state index in [0.717, 1.165) is 12.1 Å². The molecular formula is C19H12Cl2F3NO3. The van der Waals surface area contributed by atoms with Crippen molar-refractivity contribution in [2.45, 2.75) is 19.6 Å². The number of aromatic nitrogens is 1. The summed E-state index contributed by atoms with van der Waals surface area (Å²) in [5.74, 6) is -1.55. The number of fused-ring (bicyclic) bond motifs is 1. The molecule has 0 spiro atoms. The number of rotatable bonds is 3. The molecule has 0 saturated carbocycles. The van der Waals surface area contributed by atoms with Gasteiger partial charge in [0.1, 0.15) is 5.56 Å². The average molecular weight is 430 g/mol. The van der Waals surface area contributed by atoms with Crippen molar-refractivity contribution in [2.24, 2.45) is 0 Å². The highest BCUT2D eigenvalue weighted by atomic mass is 35.5. The summed E-state index contributed by atoms with van der Waals surface area (Å²) < 4.78 is 40.7. The molecule has 0 bridgehead atoms. The third-order valence-corrected chi connectivity index (χ3v) is 5.06. The van der Waals surface area contributed by atoms with E-state index in [1.165, 1.54) is 22.8 Å². The maximum Gasteiger partial charge on any atom is 0.416 e. The van der Waals surface area contributed by atoms with Crippen LogP contribution in [-0.4, -0.2) is 15.6 Å². The highest BCUT2D eigenvalue weighted by Gasteiger charge is 2.32. The first-order valence-electron chi connectivity index (χ1n) is 8.02. The number of pyridine rings is 1. The smallest absolute Gasteiger partial charge is 0.416 e. The fourth-order valence-electron chi connectivity index (χ4n) is 3.10. The van der Waals surface area contributed by atoms with Gasteiger partial charge in [0, 0.05) is 17.5 Å². The van der Waals surface area contributed by atoms with E-state index >= 15 is 0 Å². The standard InChI is InChI=1S/C19H12Cl2F3NO3/c1-2-25-14-6-4-10(19(22,23)24)8-11(14)17(26)15(18(27)28)16(25)9-3-5-12(20)13(21)7-9/h3-8H,2H2,1H3,(H,27,28). The van der Waals surface area contributed by atoms with E-state index in [1.54, 1.807) is 6.92 Å². The maximum absolute atomic E-state index is 13.1. The zero-order valence-electron chi connectivity index (χ0n) is 14.3. The lowest BCUT2D eigenvalue weighted by Gasteiger charge is -2.19. The molecule has 1 N–H and O–H groups in total. The monoisotopic (exact) mass is 429 g/mol. The van der Waals surface area contributed by atoms with Crippen molar-refractivity contribution >= 4 is 40.1 Å². The molecule has 0 fully saturated rings. The Bertz CT molecular complexity index is 1170. The Morgan fingerprint density at radius 1 is 1.11 bits per heavy atom. The molecule has 0 saturated heterocycles. The molecule has 0 unspecified atom stereocenters. The third-order valence-electron chi connectivity index (χ3n) is 4.32. The summed E-state index contributed by atoms with van der Waals surface area (Å²) >= 11 is 11.9. The van der Waals surface area contributed by atoms with Gasteiger partial charge in [0.2, 0.25) is 5.43 Å². The summed E-state index contributed by atoms with van der Waals surface area (Å²) in [6.45, 7) is 1.90. The number of benzene rings is 2. The van der Waals surface area contributed by atoms with E-state index < -0.39 is 28.7 Å². The van der Waals surface area contributed by atoms with Crippen molar-refractivity contribution in [3.8, 4) is 11.3 Å². The SMILES string of the molecule is CCn1c(-c2ccc(Cl)c(Cl)c2)c(C(=O)O)c(=O)c2cc(C(F)(F)F)ccc21. The number of carboxylic acid groups (broad SMARTS) is 1. The van der Waals surface area contributed by atoms with Crippen LogP contribution >= 0.6 is 23.2 Å². The van der Waals surface area contributed by atoms with Gasteiger partial charge in [-0.15, -0.1) is 0 Å². The molecule has 0 amide bonds. The van der Waals surface area contributed by atoms with Gasteiger partial charge < -0.3 is 9.67 Å². The van der Waals surface area contributed by atoms with Gasteiger partial charge in [-0.3, -0.25) is 4.79 Å². The summed E-state index contributed by atoms with van der Waals surface area (Å²) in [6, 6.07) is 7.05. The second-order valence-electron chi connectivity index (χ2n) is 5.96. The Balaban J connectivity index is 2.50. The topological polar surface area (TPSA) is 59.3 Å². The van der Waals surface area contributed by atoms with Crippen molar-refractivity contribution in [3.05, 3.63) is 67.8 Å². The van der Waals surface area contributed by atoms with E-state index in [0.29, 0.717) is 11.6 Å². The molecule has 1 heterocycles. The summed E-state index contributed by atoms with van der Waals surface area (Å²) in [6.07, 6.45) is -4.66. The highest BCUT2D eigenvalue weighted by Crippen LogP contribution is 2.34. The second-order valence-corrected chi connectivity index (χ2v) is 6.78. The van der Waals surface area contributed by atoms with Crippen LogP contribution in [0.15, 0.2) is 41.2 Å². The first-order chi connectivity index (χ1) is 13.1. The molecule has 0 aliphatic heterocycles. The molecule has 0 radical (unpaired) electrons. The van der Waals surface area contributed by atoms with Crippen LogP contribution in [0.4, 0.5) is 13.2 Å². The number of nitrogens with zero attached hydrogens (tertiary/aromatic N) is 1. The molecule has 3 rings (SSSR count). The minimum Gasteiger partial charge on any atom is -0.477 e. The Morgan fingerprint density at radius 2 is 1.79 bits per heavy atom. The minimum absolute atomic E-state index is 0.0471. The molecule has 2 aromatic carbocycles. The molecule has 28 heavy (non-hydrogen) atoms. The third kappa shape index (κ3) is 3.36. The lowest BCUT2D eigenvalue weighted by atomic mass is 10.00. The van der Waals surface area contributed by atoms with E-state index in [1.807, 2.05) is 0 Å². The van der Waals surface area contributed by atoms with Crippen molar-refractivity contribution in [1.29, 1.82) is 0 Å². The van der Waals surface area contributed by atoms with Crippen LogP contribution in [0.25, 0.3) is 22.2 Å². The number of carboxylic acids is 1. The van der Waals surface area contributed by atoms with E-state index in [4.69, 9.17) is 23.2 Å². The molecular weight excluding hydrogens is 418 g/mol. The van der Waals surface area contributed by atoms with Crippen molar-refractivity contribution < 1.29 is 23.1 Å². The van der Waals surface area contributed by atoms with Gasteiger partial charge in [-0.05, 0) is 37.3 Å². The normalized spacial score (nSPS) is 11.8. The molecule has 4 nitrogen and oxygen atoms in total. The van der Waals surface area contributed by atoms with Crippen LogP contribution in [0.3, 0.4) is 0 Å². The number of aromatic carboxylic acids is 1. The van der Waals surface area contributed by atoms with Gasteiger partial charge >= 0.3 is 12.1 Å². The van der Waals surface area contributed by atoms with E-state index in [2.05, 4.69) is 0 Å². The average Bonchev–Trinajstić information content (AvgIpc) is 2.62. The Hall–Kier alpha value is -2.51. The van der Waals surface area contributed by atoms with E-state index in [-0.39, 0.29) is 33.2 Å². The zero-order valence-corrected chi connectivity index (χ0v) is 15.8. The molecule has 9 heteroatoms. The molecule has 1 aromatic heterocycles. The Kier molecular flexibility index (Phi) is 5.16. The fraction of sp³-hybridized carbons (Fsp3) is 0.158. The number of halogens is 5. The molecule has 3 aromatic rings. The first-order valence-corrected chi connectivity index (χ1v) is 8.78. The van der Waals surface area contributed by atoms with Gasteiger partial charge in [0.15, 0.2) is 0 Å². The molecule has 0 atom stereocenters. The molecule has 146 valence electrons. The number of hydrogen-bond donors (Lipinski definition) is 1. The van der Waals surface area contributed by atoms with Gasteiger partial charge in [-0.1, -0.05) is 29.3 Å². The van der Waals surface area contributed by atoms with Crippen LogP contribution in [0.5, 0.6) is 0 Å². The summed E-state index contributed by atoms with van der Waals surface area (Å²) in [7, 11) is 0. The Morgan fingerprint density at radius 3 is 2.32 bits per heavy atom. The van der Waals surface area contributed by atoms with Gasteiger partial charge in [0.05, 0.1) is 26.8 Å². The quantitative estimate of drug-likeness (QED) is 0.579. The van der Waals surface area contributed by atoms with E-state index in [9.17, 15) is 27.9 Å². The summed E-state index contributed by atoms with van der Waals surface area (Å²) in [4.78, 5) is 24.7. The molecule has 0 aliphatic carbocycles. The largest absolute Gasteiger partial charge is 0.477 e. The van der Waals surface area contributed by atoms with Crippen molar-refractivity contribution in [1.82, 2.24) is 4.57 Å². The number of carbonyl (C=O) groups is 1. The van der Waals surface area contributed by atoms with Crippen molar-refractivity contribution in [2.75, 3.05) is 0 Å². The van der Waals surface area contributed by atoms with Crippen LogP contribution in [-0.2, 0) is 12.7 Å². The first kappa shape index (κ1) is 20.2. The lowest BCUT2D eigenvalue weighted by molar-refractivity contribution is -0.137. The van der Waals surface area contributed by atoms with Crippen molar-refractivity contribution in [3.63, 3.8) is 0 Å². The minimum atomic E-state index is -4.66. The highest BCUT2D eigenvalue weighted by molar-refractivity contribution is 6.42. The fourth-order valence-corrected chi connectivity index (χ4v) is 3.40. The summed E-state index contributed by atoms with van der Waals surface area (Å²) in [5, 5.41) is 9.71. The number of aryl methyl sites for hydroxylation is 1. The van der Waals surface area contributed by atoms with Gasteiger partial charge in [-0.2, -0.15) is 13.2 Å². The zero-order chi connectivity index (χ0) is 20.8. The molecule has 0 aliphatic rings. The lowest BCUT2D eigenvalue weighted by Crippen LogP contribution is -2.22. The number of alkyl halides is 3. The summed E-state index contributed by atoms with van der Waals surface area (Å²) in [5.41, 5.74) is -2.12. The predicted octanol–water partition coefficient (Wildman–Crippen LogP) is 5.71. The van der Waals surface area contributed by atoms with Gasteiger partial charge in [-0.25, -0.2) is 4.79 Å². The maximum atomic E-state index is 13.1. The van der Waals surface area contributed by atoms with Crippen LogP contribution in [0, 0.1) is 0 Å². The van der Waals surface area contributed by atoms with Gasteiger partial charge in [0.25, 0.3) is 0 Å². The number of hydrogen-bond acceptors (Lipinski definition) is 2. The van der Waals surface area contributed by atoms with Crippen LogP contribution < -0.4 is 5.43 Å². The van der Waals surface area contributed by atoms with Crippen LogP contribution in [0.2, 0.25) is 10.0 Å². The predicted molar refractivity (Wildman–Crippen MR) is 101 cm³/mol.